The lowest BCUT2D eigenvalue weighted by molar-refractivity contribution is 0.104. The van der Waals surface area contributed by atoms with Gasteiger partial charge in [0.1, 0.15) is 0 Å². The lowest BCUT2D eigenvalue weighted by Crippen LogP contribution is -2.13. The summed E-state index contributed by atoms with van der Waals surface area (Å²) in [7, 11) is 0. The number of benzene rings is 1. The second kappa shape index (κ2) is 6.38. The molecule has 1 atom stereocenters. The van der Waals surface area contributed by atoms with Crippen LogP contribution in [0, 0.1) is 5.92 Å². The van der Waals surface area contributed by atoms with Crippen LogP contribution in [-0.4, -0.2) is 5.78 Å². The molecule has 0 spiro atoms. The number of nitrogens with one attached hydrogen (secondary N) is 1. The van der Waals surface area contributed by atoms with Crippen LogP contribution in [0.2, 0.25) is 0 Å². The molecule has 0 bridgehead atoms. The van der Waals surface area contributed by atoms with Gasteiger partial charge in [0.15, 0.2) is 5.78 Å². The van der Waals surface area contributed by atoms with Crippen molar-refractivity contribution >= 4 is 5.78 Å². The van der Waals surface area contributed by atoms with E-state index in [0.29, 0.717) is 11.5 Å². The summed E-state index contributed by atoms with van der Waals surface area (Å²) in [4.78, 5) is 11.9. The molecule has 1 aliphatic rings. The fourth-order valence-corrected chi connectivity index (χ4v) is 2.29. The second-order valence-electron chi connectivity index (χ2n) is 5.40. The van der Waals surface area contributed by atoms with Gasteiger partial charge in [0.2, 0.25) is 0 Å². The van der Waals surface area contributed by atoms with Crippen LogP contribution < -0.4 is 5.32 Å². The molecule has 1 unspecified atom stereocenters. The summed E-state index contributed by atoms with van der Waals surface area (Å²) in [5.74, 6) is 0.622. The quantitative estimate of drug-likeness (QED) is 0.653. The third-order valence-corrected chi connectivity index (χ3v) is 3.75. The maximum atomic E-state index is 11.9. The Balaban J connectivity index is 2.01. The van der Waals surface area contributed by atoms with E-state index in [1.54, 1.807) is 12.3 Å². The number of carbonyl (C=O) groups is 1. The Bertz CT molecular complexity index is 579. The van der Waals surface area contributed by atoms with E-state index in [9.17, 15) is 4.79 Å². The van der Waals surface area contributed by atoms with Gasteiger partial charge in [0.25, 0.3) is 0 Å². The van der Waals surface area contributed by atoms with E-state index in [1.807, 2.05) is 30.3 Å². The normalized spacial score (nSPS) is 19.1. The molecule has 0 aliphatic heterocycles. The molecular weight excluding hydrogens is 246 g/mol. The molecule has 0 amide bonds. The molecule has 1 aromatic carbocycles. The molecule has 0 saturated heterocycles. The predicted molar refractivity (Wildman–Crippen MR) is 83.3 cm³/mol. The Morgan fingerprint density at radius 2 is 1.95 bits per heavy atom. The molecule has 2 heteroatoms. The number of allylic oxidation sites excluding steroid dienone is 4. The largest absolute Gasteiger partial charge is 0.362 e. The lowest BCUT2D eigenvalue weighted by atomic mass is 9.88. The zero-order chi connectivity index (χ0) is 14.5. The summed E-state index contributed by atoms with van der Waals surface area (Å²) in [6, 6.07) is 9.29. The predicted octanol–water partition coefficient (Wildman–Crippen LogP) is 4.23. The SMILES string of the molecule is CC1=CC(N/C=C/C(=O)c2ccccc2)=C(C)CC1C. The minimum absolute atomic E-state index is 0.0150. The van der Waals surface area contributed by atoms with Crippen molar-refractivity contribution in [2.24, 2.45) is 5.92 Å². The van der Waals surface area contributed by atoms with E-state index < -0.39 is 0 Å². The Labute approximate surface area is 120 Å². The fourth-order valence-electron chi connectivity index (χ4n) is 2.29. The summed E-state index contributed by atoms with van der Waals surface area (Å²) < 4.78 is 0. The van der Waals surface area contributed by atoms with Crippen LogP contribution in [0.15, 0.2) is 65.5 Å². The summed E-state index contributed by atoms with van der Waals surface area (Å²) in [5, 5.41) is 3.22. The van der Waals surface area contributed by atoms with Crippen molar-refractivity contribution in [1.29, 1.82) is 0 Å². The molecule has 0 saturated carbocycles. The van der Waals surface area contributed by atoms with Gasteiger partial charge in [0, 0.05) is 23.5 Å². The molecule has 2 rings (SSSR count). The van der Waals surface area contributed by atoms with Crippen LogP contribution in [-0.2, 0) is 0 Å². The molecular formula is C18H21NO. The zero-order valence-corrected chi connectivity index (χ0v) is 12.3. The van der Waals surface area contributed by atoms with Gasteiger partial charge in [-0.3, -0.25) is 4.79 Å². The van der Waals surface area contributed by atoms with Gasteiger partial charge >= 0.3 is 0 Å². The summed E-state index contributed by atoms with van der Waals surface area (Å²) in [6.07, 6.45) is 6.55. The fraction of sp³-hybridized carbons (Fsp3) is 0.278. The Kier molecular flexibility index (Phi) is 4.57. The van der Waals surface area contributed by atoms with Gasteiger partial charge in [-0.05, 0) is 37.8 Å². The van der Waals surface area contributed by atoms with Crippen molar-refractivity contribution in [2.75, 3.05) is 0 Å². The molecule has 1 aromatic rings. The maximum Gasteiger partial charge on any atom is 0.187 e. The third-order valence-electron chi connectivity index (χ3n) is 3.75. The number of hydrogen-bond donors (Lipinski definition) is 1. The molecule has 1 N–H and O–H groups in total. The van der Waals surface area contributed by atoms with Crippen molar-refractivity contribution in [3.63, 3.8) is 0 Å². The summed E-state index contributed by atoms with van der Waals surface area (Å²) in [6.45, 7) is 6.52. The lowest BCUT2D eigenvalue weighted by Gasteiger charge is -2.21. The molecule has 0 heterocycles. The van der Waals surface area contributed by atoms with Crippen LogP contribution in [0.1, 0.15) is 37.6 Å². The smallest absolute Gasteiger partial charge is 0.187 e. The molecule has 20 heavy (non-hydrogen) atoms. The minimum Gasteiger partial charge on any atom is -0.362 e. The average Bonchev–Trinajstić information content (AvgIpc) is 2.45. The third kappa shape index (κ3) is 3.47. The van der Waals surface area contributed by atoms with Crippen LogP contribution in [0.3, 0.4) is 0 Å². The van der Waals surface area contributed by atoms with E-state index in [1.165, 1.54) is 11.1 Å². The molecule has 104 valence electrons. The Hall–Kier alpha value is -2.09. The van der Waals surface area contributed by atoms with Gasteiger partial charge in [-0.2, -0.15) is 0 Å². The van der Waals surface area contributed by atoms with E-state index in [2.05, 4.69) is 32.2 Å². The van der Waals surface area contributed by atoms with Crippen LogP contribution >= 0.6 is 0 Å². The first-order chi connectivity index (χ1) is 9.58. The van der Waals surface area contributed by atoms with Crippen LogP contribution in [0.5, 0.6) is 0 Å². The molecule has 1 aliphatic carbocycles. The molecule has 0 radical (unpaired) electrons. The van der Waals surface area contributed by atoms with E-state index >= 15 is 0 Å². The molecule has 0 fully saturated rings. The van der Waals surface area contributed by atoms with Gasteiger partial charge in [-0.25, -0.2) is 0 Å². The van der Waals surface area contributed by atoms with Gasteiger partial charge < -0.3 is 5.32 Å². The Morgan fingerprint density at radius 3 is 2.65 bits per heavy atom. The average molecular weight is 267 g/mol. The van der Waals surface area contributed by atoms with Crippen molar-refractivity contribution in [2.45, 2.75) is 27.2 Å². The summed E-state index contributed by atoms with van der Waals surface area (Å²) >= 11 is 0. The first-order valence-corrected chi connectivity index (χ1v) is 6.98. The van der Waals surface area contributed by atoms with Gasteiger partial charge in [0.05, 0.1) is 0 Å². The topological polar surface area (TPSA) is 29.1 Å². The van der Waals surface area contributed by atoms with Crippen molar-refractivity contribution in [3.05, 3.63) is 71.1 Å². The highest BCUT2D eigenvalue weighted by atomic mass is 16.1. The van der Waals surface area contributed by atoms with E-state index in [0.717, 1.165) is 12.1 Å². The first kappa shape index (κ1) is 14.3. The number of rotatable bonds is 4. The number of carbonyl (C=O) groups excluding carboxylic acids is 1. The van der Waals surface area contributed by atoms with Crippen LogP contribution in [0.4, 0.5) is 0 Å². The van der Waals surface area contributed by atoms with E-state index in [4.69, 9.17) is 0 Å². The van der Waals surface area contributed by atoms with Crippen molar-refractivity contribution < 1.29 is 4.79 Å². The first-order valence-electron chi connectivity index (χ1n) is 6.98. The van der Waals surface area contributed by atoms with E-state index in [-0.39, 0.29) is 5.78 Å². The van der Waals surface area contributed by atoms with Gasteiger partial charge in [-0.15, -0.1) is 0 Å². The summed E-state index contributed by atoms with van der Waals surface area (Å²) in [5.41, 5.74) is 4.53. The number of ketones is 1. The van der Waals surface area contributed by atoms with Crippen LogP contribution in [0.25, 0.3) is 0 Å². The monoisotopic (exact) mass is 267 g/mol. The number of hydrogen-bond acceptors (Lipinski definition) is 2. The van der Waals surface area contributed by atoms with Crippen molar-refractivity contribution in [1.82, 2.24) is 5.32 Å². The highest BCUT2D eigenvalue weighted by Crippen LogP contribution is 2.27. The maximum absolute atomic E-state index is 11.9. The standard InChI is InChI=1S/C18H21NO/c1-13-11-15(3)17(12-14(13)2)19-10-9-18(20)16-7-5-4-6-8-16/h4-10,12-13,19H,11H2,1-3H3/b10-9+. The minimum atomic E-state index is 0.0150. The highest BCUT2D eigenvalue weighted by molar-refractivity contribution is 6.04. The Morgan fingerprint density at radius 1 is 1.25 bits per heavy atom. The second-order valence-corrected chi connectivity index (χ2v) is 5.40. The van der Waals surface area contributed by atoms with Gasteiger partial charge in [-0.1, -0.05) is 42.8 Å². The molecule has 2 nitrogen and oxygen atoms in total. The van der Waals surface area contributed by atoms with Crippen molar-refractivity contribution in [3.8, 4) is 0 Å². The zero-order valence-electron chi connectivity index (χ0n) is 12.3. The highest BCUT2D eigenvalue weighted by Gasteiger charge is 2.13. The molecule has 0 aromatic heterocycles.